The summed E-state index contributed by atoms with van der Waals surface area (Å²) in [6, 6.07) is 7.66. The fourth-order valence-corrected chi connectivity index (χ4v) is 3.72. The molecule has 0 radical (unpaired) electrons. The molecule has 1 aromatic carbocycles. The quantitative estimate of drug-likeness (QED) is 0.893. The number of rotatable bonds is 4. The molecule has 2 fully saturated rings. The van der Waals surface area contributed by atoms with Gasteiger partial charge in [-0.15, -0.1) is 0 Å². The lowest BCUT2D eigenvalue weighted by molar-refractivity contribution is -0.119. The minimum atomic E-state index is -0.00997. The van der Waals surface area contributed by atoms with Crippen molar-refractivity contribution in [3.8, 4) is 0 Å². The second-order valence-corrected chi connectivity index (χ2v) is 6.93. The van der Waals surface area contributed by atoms with Crippen LogP contribution in [0.15, 0.2) is 24.3 Å². The number of amides is 2. The number of carbonyl (C=O) groups is 2. The molecule has 1 saturated heterocycles. The molecule has 0 aromatic heterocycles. The number of para-hydroxylation sites is 1. The molecular formula is C19H27N3O2. The fraction of sp³-hybridized carbons (Fsp3) is 0.579. The Labute approximate surface area is 143 Å². The summed E-state index contributed by atoms with van der Waals surface area (Å²) in [5.74, 6) is -0.00727. The Morgan fingerprint density at radius 2 is 1.88 bits per heavy atom. The van der Waals surface area contributed by atoms with E-state index < -0.39 is 0 Å². The normalized spacial score (nSPS) is 21.5. The summed E-state index contributed by atoms with van der Waals surface area (Å²) >= 11 is 0. The van der Waals surface area contributed by atoms with Gasteiger partial charge in [0, 0.05) is 19.6 Å². The molecule has 24 heavy (non-hydrogen) atoms. The van der Waals surface area contributed by atoms with Crippen LogP contribution in [-0.4, -0.2) is 42.9 Å². The molecule has 5 heteroatoms. The second-order valence-electron chi connectivity index (χ2n) is 6.93. The van der Waals surface area contributed by atoms with Crippen LogP contribution in [0.3, 0.4) is 0 Å². The van der Waals surface area contributed by atoms with Crippen molar-refractivity contribution in [1.82, 2.24) is 10.2 Å². The zero-order chi connectivity index (χ0) is 16.9. The van der Waals surface area contributed by atoms with Gasteiger partial charge in [0.2, 0.25) is 5.91 Å². The van der Waals surface area contributed by atoms with Crippen molar-refractivity contribution in [3.05, 3.63) is 29.8 Å². The van der Waals surface area contributed by atoms with E-state index in [4.69, 9.17) is 0 Å². The van der Waals surface area contributed by atoms with E-state index in [-0.39, 0.29) is 17.7 Å². The van der Waals surface area contributed by atoms with Crippen molar-refractivity contribution in [2.75, 3.05) is 25.5 Å². The maximum absolute atomic E-state index is 12.9. The van der Waals surface area contributed by atoms with Crippen LogP contribution in [0.4, 0.5) is 5.69 Å². The Morgan fingerprint density at radius 1 is 1.12 bits per heavy atom. The highest BCUT2D eigenvalue weighted by atomic mass is 16.2. The zero-order valence-corrected chi connectivity index (χ0v) is 14.4. The highest BCUT2D eigenvalue weighted by molar-refractivity contribution is 6.04. The first-order valence-corrected chi connectivity index (χ1v) is 9.04. The van der Waals surface area contributed by atoms with E-state index in [1.807, 2.05) is 36.2 Å². The molecule has 1 saturated carbocycles. The molecule has 1 aliphatic carbocycles. The summed E-state index contributed by atoms with van der Waals surface area (Å²) in [6.07, 6.45) is 6.64. The molecule has 1 heterocycles. The van der Waals surface area contributed by atoms with Gasteiger partial charge in [-0.1, -0.05) is 31.4 Å². The average molecular weight is 329 g/mol. The highest BCUT2D eigenvalue weighted by Gasteiger charge is 2.26. The summed E-state index contributed by atoms with van der Waals surface area (Å²) in [6.45, 7) is 1.59. The van der Waals surface area contributed by atoms with Gasteiger partial charge >= 0.3 is 0 Å². The van der Waals surface area contributed by atoms with Crippen LogP contribution in [0.25, 0.3) is 0 Å². The van der Waals surface area contributed by atoms with Crippen LogP contribution in [0.1, 0.15) is 48.9 Å². The first-order valence-electron chi connectivity index (χ1n) is 9.04. The van der Waals surface area contributed by atoms with Crippen molar-refractivity contribution >= 4 is 17.5 Å². The Balaban J connectivity index is 1.72. The van der Waals surface area contributed by atoms with Crippen molar-refractivity contribution < 1.29 is 9.59 Å². The Morgan fingerprint density at radius 3 is 2.58 bits per heavy atom. The molecule has 0 bridgehead atoms. The Bertz CT molecular complexity index is 590. The van der Waals surface area contributed by atoms with Gasteiger partial charge in [-0.3, -0.25) is 9.59 Å². The summed E-state index contributed by atoms with van der Waals surface area (Å²) in [7, 11) is 1.89. The van der Waals surface area contributed by atoms with E-state index >= 15 is 0 Å². The van der Waals surface area contributed by atoms with E-state index in [2.05, 4.69) is 10.6 Å². The summed E-state index contributed by atoms with van der Waals surface area (Å²) in [4.78, 5) is 27.2. The molecule has 1 unspecified atom stereocenters. The van der Waals surface area contributed by atoms with Gasteiger partial charge in [-0.25, -0.2) is 0 Å². The molecule has 3 rings (SSSR count). The monoisotopic (exact) mass is 329 g/mol. The molecule has 5 nitrogen and oxygen atoms in total. The third kappa shape index (κ3) is 3.78. The second kappa shape index (κ2) is 7.79. The number of anilines is 1. The van der Waals surface area contributed by atoms with Gasteiger partial charge in [0.1, 0.15) is 0 Å². The van der Waals surface area contributed by atoms with Gasteiger partial charge < -0.3 is 15.5 Å². The van der Waals surface area contributed by atoms with E-state index in [9.17, 15) is 9.59 Å². The van der Waals surface area contributed by atoms with E-state index in [1.165, 1.54) is 19.3 Å². The molecule has 2 amide bonds. The number of benzene rings is 1. The molecular weight excluding hydrogens is 302 g/mol. The lowest BCUT2D eigenvalue weighted by Gasteiger charge is -2.31. The van der Waals surface area contributed by atoms with E-state index in [0.29, 0.717) is 23.8 Å². The third-order valence-corrected chi connectivity index (χ3v) is 5.29. The first-order chi connectivity index (χ1) is 11.7. The predicted molar refractivity (Wildman–Crippen MR) is 95.0 cm³/mol. The van der Waals surface area contributed by atoms with Gasteiger partial charge in [-0.2, -0.15) is 0 Å². The lowest BCUT2D eigenvalue weighted by Crippen LogP contribution is -2.38. The minimum Gasteiger partial charge on any atom is -0.339 e. The lowest BCUT2D eigenvalue weighted by atomic mass is 9.94. The number of nitrogens with one attached hydrogen (secondary N) is 2. The minimum absolute atomic E-state index is 0.000527. The van der Waals surface area contributed by atoms with Crippen LogP contribution < -0.4 is 10.6 Å². The number of hydrogen-bond acceptors (Lipinski definition) is 3. The SMILES string of the molecule is CN(C(=O)c1ccccc1NC(=O)C1CCNC1)C1CCCCC1. The van der Waals surface area contributed by atoms with E-state index in [0.717, 1.165) is 25.8 Å². The van der Waals surface area contributed by atoms with Gasteiger partial charge in [0.05, 0.1) is 17.2 Å². The van der Waals surface area contributed by atoms with Crippen molar-refractivity contribution in [2.24, 2.45) is 5.92 Å². The molecule has 130 valence electrons. The van der Waals surface area contributed by atoms with Crippen molar-refractivity contribution in [2.45, 2.75) is 44.6 Å². The standard InChI is InChI=1S/C19H27N3O2/c1-22(15-7-3-2-4-8-15)19(24)16-9-5-6-10-17(16)21-18(23)14-11-12-20-13-14/h5-6,9-10,14-15,20H,2-4,7-8,11-13H2,1H3,(H,21,23). The number of nitrogens with zero attached hydrogens (tertiary/aromatic N) is 1. The molecule has 0 spiro atoms. The zero-order valence-electron chi connectivity index (χ0n) is 14.4. The first kappa shape index (κ1) is 17.0. The van der Waals surface area contributed by atoms with Crippen LogP contribution >= 0.6 is 0 Å². The Hall–Kier alpha value is -1.88. The van der Waals surface area contributed by atoms with Crippen LogP contribution in [-0.2, 0) is 4.79 Å². The average Bonchev–Trinajstić information content (AvgIpc) is 3.16. The summed E-state index contributed by atoms with van der Waals surface area (Å²) in [5.41, 5.74) is 1.21. The smallest absolute Gasteiger partial charge is 0.255 e. The molecule has 1 aliphatic heterocycles. The summed E-state index contributed by atoms with van der Waals surface area (Å²) in [5, 5.41) is 6.17. The van der Waals surface area contributed by atoms with E-state index in [1.54, 1.807) is 0 Å². The number of hydrogen-bond donors (Lipinski definition) is 2. The van der Waals surface area contributed by atoms with Crippen LogP contribution in [0, 0.1) is 5.92 Å². The molecule has 1 atom stereocenters. The predicted octanol–water partition coefficient (Wildman–Crippen LogP) is 2.64. The van der Waals surface area contributed by atoms with Gasteiger partial charge in [-0.05, 0) is 37.9 Å². The van der Waals surface area contributed by atoms with Crippen LogP contribution in [0.5, 0.6) is 0 Å². The Kier molecular flexibility index (Phi) is 5.51. The third-order valence-electron chi connectivity index (χ3n) is 5.29. The molecule has 1 aromatic rings. The molecule has 2 N–H and O–H groups in total. The van der Waals surface area contributed by atoms with Crippen molar-refractivity contribution in [1.29, 1.82) is 0 Å². The fourth-order valence-electron chi connectivity index (χ4n) is 3.72. The highest BCUT2D eigenvalue weighted by Crippen LogP contribution is 2.25. The van der Waals surface area contributed by atoms with Crippen LogP contribution in [0.2, 0.25) is 0 Å². The van der Waals surface area contributed by atoms with Gasteiger partial charge in [0.25, 0.3) is 5.91 Å². The largest absolute Gasteiger partial charge is 0.339 e. The topological polar surface area (TPSA) is 61.4 Å². The maximum atomic E-state index is 12.9. The summed E-state index contributed by atoms with van der Waals surface area (Å²) < 4.78 is 0. The maximum Gasteiger partial charge on any atom is 0.255 e. The molecule has 2 aliphatic rings. The van der Waals surface area contributed by atoms with Gasteiger partial charge in [0.15, 0.2) is 0 Å². The number of carbonyl (C=O) groups excluding carboxylic acids is 2. The van der Waals surface area contributed by atoms with Crippen molar-refractivity contribution in [3.63, 3.8) is 0 Å².